The largest absolute Gasteiger partial charge is 0.365 e. The van der Waals surface area contributed by atoms with E-state index in [0.717, 1.165) is 11.1 Å². The average molecular weight is 310 g/mol. The van der Waals surface area contributed by atoms with Gasteiger partial charge in [-0.25, -0.2) is 0 Å². The van der Waals surface area contributed by atoms with Crippen molar-refractivity contribution in [2.75, 3.05) is 0 Å². The lowest BCUT2D eigenvalue weighted by atomic mass is 9.95. The third kappa shape index (κ3) is 2.56. The predicted octanol–water partition coefficient (Wildman–Crippen LogP) is 3.56. The van der Waals surface area contributed by atoms with Gasteiger partial charge in [0.25, 0.3) is 5.91 Å². The fourth-order valence-corrected chi connectivity index (χ4v) is 2.55. The van der Waals surface area contributed by atoms with Gasteiger partial charge in [-0.2, -0.15) is 0 Å². The molecule has 2 aromatic carbocycles. The molecule has 0 aliphatic carbocycles. The molecule has 22 heavy (non-hydrogen) atoms. The maximum atomic E-state index is 11.9. The van der Waals surface area contributed by atoms with Crippen LogP contribution in [0.15, 0.2) is 60.7 Å². The van der Waals surface area contributed by atoms with E-state index in [1.54, 1.807) is 0 Å². The van der Waals surface area contributed by atoms with Crippen LogP contribution in [-0.2, 0) is 0 Å². The first-order valence-electron chi connectivity index (χ1n) is 6.65. The number of nitrogens with zero attached hydrogens (tertiary/aromatic N) is 2. The number of amides is 1. The van der Waals surface area contributed by atoms with Gasteiger partial charge >= 0.3 is 0 Å². The van der Waals surface area contributed by atoms with Crippen LogP contribution in [0.3, 0.4) is 0 Å². The molecule has 5 heteroatoms. The van der Waals surface area contributed by atoms with Gasteiger partial charge in [0.05, 0.1) is 5.56 Å². The Balaban J connectivity index is 2.37. The Morgan fingerprint density at radius 3 is 1.95 bits per heavy atom. The molecular formula is C17H12ClN3O. The zero-order chi connectivity index (χ0) is 15.5. The van der Waals surface area contributed by atoms with E-state index in [2.05, 4.69) is 10.2 Å². The minimum atomic E-state index is -0.629. The molecule has 0 radical (unpaired) electrons. The van der Waals surface area contributed by atoms with Crippen molar-refractivity contribution in [2.24, 2.45) is 5.73 Å². The first-order valence-corrected chi connectivity index (χ1v) is 7.03. The first kappa shape index (κ1) is 14.2. The Bertz CT molecular complexity index is 820. The summed E-state index contributed by atoms with van der Waals surface area (Å²) < 4.78 is 0. The van der Waals surface area contributed by atoms with Crippen LogP contribution in [0.5, 0.6) is 0 Å². The van der Waals surface area contributed by atoms with Crippen LogP contribution in [0.25, 0.3) is 22.4 Å². The summed E-state index contributed by atoms with van der Waals surface area (Å²) in [6.45, 7) is 0. The van der Waals surface area contributed by atoms with Gasteiger partial charge in [-0.15, -0.1) is 10.2 Å². The molecule has 0 atom stereocenters. The first-order chi connectivity index (χ1) is 10.7. The van der Waals surface area contributed by atoms with Crippen molar-refractivity contribution in [3.8, 4) is 22.4 Å². The number of rotatable bonds is 3. The third-order valence-electron chi connectivity index (χ3n) is 3.29. The van der Waals surface area contributed by atoms with Crippen molar-refractivity contribution in [3.05, 3.63) is 71.4 Å². The number of benzene rings is 2. The summed E-state index contributed by atoms with van der Waals surface area (Å²) in [5.41, 5.74) is 8.51. The molecule has 0 aliphatic rings. The third-order valence-corrected chi connectivity index (χ3v) is 3.55. The van der Waals surface area contributed by atoms with Crippen molar-refractivity contribution in [3.63, 3.8) is 0 Å². The molecule has 0 saturated heterocycles. The van der Waals surface area contributed by atoms with Gasteiger partial charge in [0.2, 0.25) is 0 Å². The van der Waals surface area contributed by atoms with Gasteiger partial charge < -0.3 is 5.73 Å². The van der Waals surface area contributed by atoms with E-state index in [0.29, 0.717) is 11.3 Å². The number of primary amides is 1. The second-order valence-corrected chi connectivity index (χ2v) is 5.04. The molecule has 3 aromatic rings. The van der Waals surface area contributed by atoms with Gasteiger partial charge in [-0.1, -0.05) is 72.3 Å². The summed E-state index contributed by atoms with van der Waals surface area (Å²) in [5, 5.41) is 8.06. The van der Waals surface area contributed by atoms with Crippen molar-refractivity contribution in [1.29, 1.82) is 0 Å². The van der Waals surface area contributed by atoms with Crippen LogP contribution >= 0.6 is 11.6 Å². The maximum absolute atomic E-state index is 11.9. The Morgan fingerprint density at radius 2 is 1.41 bits per heavy atom. The lowest BCUT2D eigenvalue weighted by Gasteiger charge is -2.13. The summed E-state index contributed by atoms with van der Waals surface area (Å²) in [7, 11) is 0. The summed E-state index contributed by atoms with van der Waals surface area (Å²) in [6.07, 6.45) is 0. The van der Waals surface area contributed by atoms with E-state index in [-0.39, 0.29) is 10.7 Å². The number of hydrogen-bond acceptors (Lipinski definition) is 3. The number of carbonyl (C=O) groups is 1. The number of aromatic nitrogens is 2. The lowest BCUT2D eigenvalue weighted by Crippen LogP contribution is -2.15. The molecule has 1 aromatic heterocycles. The van der Waals surface area contributed by atoms with Crippen molar-refractivity contribution in [2.45, 2.75) is 0 Å². The number of halogens is 1. The molecule has 0 unspecified atom stereocenters. The normalized spacial score (nSPS) is 10.4. The zero-order valence-electron chi connectivity index (χ0n) is 11.5. The van der Waals surface area contributed by atoms with Gasteiger partial charge in [-0.05, 0) is 5.56 Å². The topological polar surface area (TPSA) is 68.9 Å². The summed E-state index contributed by atoms with van der Waals surface area (Å²) in [4.78, 5) is 11.9. The fraction of sp³-hybridized carbons (Fsp3) is 0. The minimum Gasteiger partial charge on any atom is -0.365 e. The highest BCUT2D eigenvalue weighted by atomic mass is 35.5. The SMILES string of the molecule is NC(=O)c1c(Cl)nnc(-c2ccccc2)c1-c1ccccc1. The molecule has 1 heterocycles. The zero-order valence-corrected chi connectivity index (χ0v) is 12.3. The van der Waals surface area contributed by atoms with Gasteiger partial charge in [0.1, 0.15) is 5.69 Å². The van der Waals surface area contributed by atoms with E-state index in [9.17, 15) is 4.79 Å². The van der Waals surface area contributed by atoms with E-state index in [1.807, 2.05) is 60.7 Å². The van der Waals surface area contributed by atoms with Crippen LogP contribution in [0.4, 0.5) is 0 Å². The van der Waals surface area contributed by atoms with Crippen molar-refractivity contribution >= 4 is 17.5 Å². The highest BCUT2D eigenvalue weighted by Gasteiger charge is 2.21. The van der Waals surface area contributed by atoms with Crippen LogP contribution in [0, 0.1) is 0 Å². The van der Waals surface area contributed by atoms with Crippen molar-refractivity contribution in [1.82, 2.24) is 10.2 Å². The molecule has 0 spiro atoms. The quantitative estimate of drug-likeness (QED) is 0.804. The Morgan fingerprint density at radius 1 is 0.864 bits per heavy atom. The average Bonchev–Trinajstić information content (AvgIpc) is 2.56. The second kappa shape index (κ2) is 5.95. The van der Waals surface area contributed by atoms with Gasteiger partial charge in [0, 0.05) is 11.1 Å². The van der Waals surface area contributed by atoms with E-state index in [4.69, 9.17) is 17.3 Å². The Kier molecular flexibility index (Phi) is 3.85. The molecule has 0 aliphatic heterocycles. The molecule has 0 fully saturated rings. The number of nitrogens with two attached hydrogens (primary N) is 1. The van der Waals surface area contributed by atoms with Crippen LogP contribution < -0.4 is 5.73 Å². The minimum absolute atomic E-state index is 0.00559. The molecule has 0 bridgehead atoms. The smallest absolute Gasteiger partial charge is 0.252 e. The fourth-order valence-electron chi connectivity index (χ4n) is 2.32. The Labute approximate surface area is 132 Å². The maximum Gasteiger partial charge on any atom is 0.252 e. The molecule has 3 rings (SSSR count). The second-order valence-electron chi connectivity index (χ2n) is 4.69. The van der Waals surface area contributed by atoms with Crippen molar-refractivity contribution < 1.29 is 4.79 Å². The Hall–Kier alpha value is -2.72. The summed E-state index contributed by atoms with van der Waals surface area (Å²) >= 11 is 6.06. The van der Waals surface area contributed by atoms with Crippen LogP contribution in [0.1, 0.15) is 10.4 Å². The molecule has 0 saturated carbocycles. The summed E-state index contributed by atoms with van der Waals surface area (Å²) in [6, 6.07) is 18.9. The summed E-state index contributed by atoms with van der Waals surface area (Å²) in [5.74, 6) is -0.629. The standard InChI is InChI=1S/C17H12ClN3O/c18-16-14(17(19)22)13(11-7-3-1-4-8-11)15(20-21-16)12-9-5-2-6-10-12/h1-10H,(H2,19,22). The molecular weight excluding hydrogens is 298 g/mol. The van der Waals surface area contributed by atoms with E-state index in [1.165, 1.54) is 0 Å². The van der Waals surface area contributed by atoms with E-state index < -0.39 is 5.91 Å². The van der Waals surface area contributed by atoms with Gasteiger partial charge in [-0.3, -0.25) is 4.79 Å². The van der Waals surface area contributed by atoms with Gasteiger partial charge in [0.15, 0.2) is 5.15 Å². The highest BCUT2D eigenvalue weighted by Crippen LogP contribution is 2.35. The molecule has 108 valence electrons. The highest BCUT2D eigenvalue weighted by molar-refractivity contribution is 6.33. The molecule has 2 N–H and O–H groups in total. The molecule has 1 amide bonds. The monoisotopic (exact) mass is 309 g/mol. The molecule has 4 nitrogen and oxygen atoms in total. The van der Waals surface area contributed by atoms with E-state index >= 15 is 0 Å². The predicted molar refractivity (Wildman–Crippen MR) is 86.4 cm³/mol. The van der Waals surface area contributed by atoms with Crippen LogP contribution in [0.2, 0.25) is 5.15 Å². The number of hydrogen-bond donors (Lipinski definition) is 1. The number of carbonyl (C=O) groups excluding carboxylic acids is 1. The van der Waals surface area contributed by atoms with Crippen LogP contribution in [-0.4, -0.2) is 16.1 Å². The lowest BCUT2D eigenvalue weighted by molar-refractivity contribution is 0.100.